The summed E-state index contributed by atoms with van der Waals surface area (Å²) in [5.41, 5.74) is -0.954. The monoisotopic (exact) mass is 366 g/mol. The van der Waals surface area contributed by atoms with Gasteiger partial charge in [-0.1, -0.05) is 37.9 Å². The summed E-state index contributed by atoms with van der Waals surface area (Å²) in [4.78, 5) is 3.70. The zero-order valence-electron chi connectivity index (χ0n) is 13.8. The molecule has 2 atom stereocenters. The maximum Gasteiger partial charge on any atom is 0.429 e. The van der Waals surface area contributed by atoms with Gasteiger partial charge in [-0.25, -0.2) is 9.38 Å². The van der Waals surface area contributed by atoms with Gasteiger partial charge in [-0.3, -0.25) is 0 Å². The fourth-order valence-electron chi connectivity index (χ4n) is 2.17. The highest BCUT2D eigenvalue weighted by Crippen LogP contribution is 2.40. The third-order valence-electron chi connectivity index (χ3n) is 3.24. The van der Waals surface area contributed by atoms with E-state index in [9.17, 15) is 17.6 Å². The molecule has 0 amide bonds. The lowest BCUT2D eigenvalue weighted by Gasteiger charge is -2.30. The summed E-state index contributed by atoms with van der Waals surface area (Å²) in [7, 11) is 0. The lowest BCUT2D eigenvalue weighted by Crippen LogP contribution is -2.34. The highest BCUT2D eigenvalue weighted by molar-refractivity contribution is 8.04. The van der Waals surface area contributed by atoms with Crippen molar-refractivity contribution in [3.05, 3.63) is 36.0 Å². The van der Waals surface area contributed by atoms with Crippen molar-refractivity contribution in [3.63, 3.8) is 0 Å². The minimum absolute atomic E-state index is 0.0651. The first-order valence-electron chi connectivity index (χ1n) is 7.52. The number of aliphatic imine (C=N–C) groups is 1. The van der Waals surface area contributed by atoms with Crippen LogP contribution < -0.4 is 5.32 Å². The van der Waals surface area contributed by atoms with E-state index in [1.807, 2.05) is 0 Å². The Morgan fingerprint density at radius 2 is 2.12 bits per heavy atom. The molecule has 136 valence electrons. The number of nitrogens with zero attached hydrogens (tertiary/aromatic N) is 1. The van der Waals surface area contributed by atoms with E-state index >= 15 is 0 Å². The minimum atomic E-state index is -4.56. The number of rotatable bonds is 8. The van der Waals surface area contributed by atoms with Crippen molar-refractivity contribution in [2.75, 3.05) is 13.1 Å². The largest absolute Gasteiger partial charge is 0.429 e. The molecule has 0 aromatic carbocycles. The summed E-state index contributed by atoms with van der Waals surface area (Å²) in [6, 6.07) is 0. The van der Waals surface area contributed by atoms with Crippen molar-refractivity contribution >= 4 is 17.5 Å². The molecule has 1 aliphatic rings. The van der Waals surface area contributed by atoms with Crippen molar-refractivity contribution in [2.45, 2.75) is 44.0 Å². The predicted octanol–water partition coefficient (Wildman–Crippen LogP) is 4.74. The SMILES string of the molecule is C=C/C=C(/F)C(=C)SC(C)(N=C(CC)C(F)(F)F)O[C@@H]1CCNC1. The van der Waals surface area contributed by atoms with Crippen LogP contribution in [0.4, 0.5) is 17.6 Å². The molecule has 1 fully saturated rings. The van der Waals surface area contributed by atoms with E-state index in [1.165, 1.54) is 19.9 Å². The van der Waals surface area contributed by atoms with Gasteiger partial charge in [0.15, 0.2) is 0 Å². The Bertz CT molecular complexity index is 525. The predicted molar refractivity (Wildman–Crippen MR) is 90.7 cm³/mol. The van der Waals surface area contributed by atoms with Crippen LogP contribution in [-0.2, 0) is 4.74 Å². The molecule has 3 nitrogen and oxygen atoms in total. The first kappa shape index (κ1) is 20.9. The maximum absolute atomic E-state index is 13.8. The average molecular weight is 366 g/mol. The lowest BCUT2D eigenvalue weighted by atomic mass is 10.3. The summed E-state index contributed by atoms with van der Waals surface area (Å²) < 4.78 is 58.7. The Balaban J connectivity index is 3.10. The number of thioether (sulfide) groups is 1. The van der Waals surface area contributed by atoms with Crippen LogP contribution in [0.2, 0.25) is 0 Å². The van der Waals surface area contributed by atoms with Crippen molar-refractivity contribution in [1.82, 2.24) is 5.32 Å². The van der Waals surface area contributed by atoms with E-state index in [-0.39, 0.29) is 17.4 Å². The number of ether oxygens (including phenoxy) is 1. The quantitative estimate of drug-likeness (QED) is 0.292. The molecule has 1 N–H and O–H groups in total. The third kappa shape index (κ3) is 6.41. The standard InChI is InChI=1S/C16H22F4N2OS/c1-5-7-13(17)11(3)24-15(4,23-12-8-9-21-10-12)22-14(6-2)16(18,19)20/h5,7,12,21H,1,3,6,8-10H2,2,4H3/b13-7+,22-14?/t12-,15?/m1/s1. The number of halogens is 4. The van der Waals surface area contributed by atoms with Gasteiger partial charge in [-0.15, -0.1) is 0 Å². The summed E-state index contributed by atoms with van der Waals surface area (Å²) in [5.74, 6) is -0.686. The number of nitrogens with one attached hydrogen (secondary N) is 1. The normalized spacial score (nSPS) is 22.3. The van der Waals surface area contributed by atoms with Gasteiger partial charge >= 0.3 is 6.18 Å². The summed E-state index contributed by atoms with van der Waals surface area (Å²) in [6.07, 6.45) is -2.20. The van der Waals surface area contributed by atoms with Crippen molar-refractivity contribution in [3.8, 4) is 0 Å². The third-order valence-corrected chi connectivity index (χ3v) is 4.25. The lowest BCUT2D eigenvalue weighted by molar-refractivity contribution is -0.0644. The average Bonchev–Trinajstić information content (AvgIpc) is 2.96. The van der Waals surface area contributed by atoms with Gasteiger partial charge in [0.2, 0.25) is 5.06 Å². The van der Waals surface area contributed by atoms with Gasteiger partial charge in [0.1, 0.15) is 11.5 Å². The molecular formula is C16H22F4N2OS. The van der Waals surface area contributed by atoms with Crippen LogP contribution in [0.15, 0.2) is 41.0 Å². The number of hydrogen-bond acceptors (Lipinski definition) is 4. The molecule has 0 spiro atoms. The topological polar surface area (TPSA) is 33.6 Å². The van der Waals surface area contributed by atoms with Crippen molar-refractivity contribution in [2.24, 2.45) is 4.99 Å². The Morgan fingerprint density at radius 1 is 1.46 bits per heavy atom. The Kier molecular flexibility index (Phi) is 7.69. The highest BCUT2D eigenvalue weighted by Gasteiger charge is 2.39. The van der Waals surface area contributed by atoms with Crippen LogP contribution in [0.3, 0.4) is 0 Å². The molecule has 0 saturated carbocycles. The van der Waals surface area contributed by atoms with Crippen LogP contribution >= 0.6 is 11.8 Å². The summed E-state index contributed by atoms with van der Waals surface area (Å²) in [6.45, 7) is 10.9. The molecule has 1 heterocycles. The number of hydrogen-bond donors (Lipinski definition) is 1. The van der Waals surface area contributed by atoms with E-state index in [0.717, 1.165) is 17.8 Å². The van der Waals surface area contributed by atoms with Crippen molar-refractivity contribution in [1.29, 1.82) is 0 Å². The Labute approximate surface area is 143 Å². The fourth-order valence-corrected chi connectivity index (χ4v) is 3.14. The second-order valence-corrected chi connectivity index (χ2v) is 6.77. The fraction of sp³-hybridized carbons (Fsp3) is 0.562. The Morgan fingerprint density at radius 3 is 2.58 bits per heavy atom. The van der Waals surface area contributed by atoms with Gasteiger partial charge < -0.3 is 10.1 Å². The van der Waals surface area contributed by atoms with Gasteiger partial charge in [0, 0.05) is 11.4 Å². The first-order valence-corrected chi connectivity index (χ1v) is 8.34. The molecule has 0 radical (unpaired) electrons. The van der Waals surface area contributed by atoms with Crippen LogP contribution in [0.5, 0.6) is 0 Å². The molecule has 0 bridgehead atoms. The molecule has 1 rings (SSSR count). The Hall–Kier alpha value is -1.12. The molecule has 1 unspecified atom stereocenters. The molecule has 8 heteroatoms. The number of alkyl halides is 3. The molecule has 0 aromatic rings. The molecule has 1 aliphatic heterocycles. The van der Waals surface area contributed by atoms with Crippen LogP contribution in [0, 0.1) is 0 Å². The first-order chi connectivity index (χ1) is 11.1. The van der Waals surface area contributed by atoms with Gasteiger partial charge in [0.25, 0.3) is 0 Å². The van der Waals surface area contributed by atoms with Crippen LogP contribution in [0.25, 0.3) is 0 Å². The molecule has 24 heavy (non-hydrogen) atoms. The summed E-state index contributed by atoms with van der Waals surface area (Å²) >= 11 is 0.719. The van der Waals surface area contributed by atoms with Crippen molar-refractivity contribution < 1.29 is 22.3 Å². The zero-order chi connectivity index (χ0) is 18.4. The second kappa shape index (κ2) is 8.82. The molecule has 0 aromatic heterocycles. The van der Waals surface area contributed by atoms with E-state index in [4.69, 9.17) is 4.74 Å². The smallest absolute Gasteiger partial charge is 0.340 e. The molecule has 1 saturated heterocycles. The van der Waals surface area contributed by atoms with E-state index in [2.05, 4.69) is 23.5 Å². The van der Waals surface area contributed by atoms with Crippen LogP contribution in [0.1, 0.15) is 26.7 Å². The van der Waals surface area contributed by atoms with E-state index in [1.54, 1.807) is 0 Å². The number of allylic oxidation sites excluding steroid dienone is 3. The van der Waals surface area contributed by atoms with Crippen LogP contribution in [-0.4, -0.2) is 36.1 Å². The van der Waals surface area contributed by atoms with E-state index in [0.29, 0.717) is 19.5 Å². The van der Waals surface area contributed by atoms with E-state index < -0.39 is 22.8 Å². The molecular weight excluding hydrogens is 344 g/mol. The second-order valence-electron chi connectivity index (χ2n) is 5.32. The minimum Gasteiger partial charge on any atom is -0.340 e. The van der Waals surface area contributed by atoms with Gasteiger partial charge in [-0.05, 0) is 32.4 Å². The van der Waals surface area contributed by atoms with Gasteiger partial charge in [0.05, 0.1) is 6.10 Å². The summed E-state index contributed by atoms with van der Waals surface area (Å²) in [5, 5.41) is 1.44. The highest BCUT2D eigenvalue weighted by atomic mass is 32.2. The maximum atomic E-state index is 13.8. The zero-order valence-corrected chi connectivity index (χ0v) is 14.6. The van der Waals surface area contributed by atoms with Gasteiger partial charge in [-0.2, -0.15) is 13.2 Å². The molecule has 0 aliphatic carbocycles.